The summed E-state index contributed by atoms with van der Waals surface area (Å²) in [6.07, 6.45) is -3.52. The van der Waals surface area contributed by atoms with Crippen molar-refractivity contribution in [1.29, 1.82) is 0 Å². The lowest BCUT2D eigenvalue weighted by atomic mass is 10.2. The zero-order chi connectivity index (χ0) is 17.2. The van der Waals surface area contributed by atoms with Crippen LogP contribution in [0.4, 0.5) is 23.5 Å². The molecule has 0 spiro atoms. The SMILES string of the molecule is Fc1ccc(-c2n[nH]c(CNc3nccc(C(F)(F)F)n3)n2)cc1. The summed E-state index contributed by atoms with van der Waals surface area (Å²) < 4.78 is 50.6. The molecule has 0 aliphatic heterocycles. The van der Waals surface area contributed by atoms with Crippen LogP contribution in [0, 0.1) is 5.82 Å². The molecular formula is C14H10F4N6. The van der Waals surface area contributed by atoms with Crippen molar-refractivity contribution in [2.24, 2.45) is 0 Å². The molecule has 0 aliphatic carbocycles. The van der Waals surface area contributed by atoms with Crippen LogP contribution in [0.25, 0.3) is 11.4 Å². The normalized spacial score (nSPS) is 11.5. The van der Waals surface area contributed by atoms with E-state index in [0.29, 0.717) is 17.2 Å². The summed E-state index contributed by atoms with van der Waals surface area (Å²) in [6.45, 7) is 0.0511. The highest BCUT2D eigenvalue weighted by Gasteiger charge is 2.32. The van der Waals surface area contributed by atoms with Gasteiger partial charge in [0.05, 0.1) is 6.54 Å². The number of aromatic amines is 1. The number of anilines is 1. The third kappa shape index (κ3) is 3.65. The quantitative estimate of drug-likeness (QED) is 0.715. The van der Waals surface area contributed by atoms with Gasteiger partial charge in [-0.05, 0) is 30.3 Å². The number of H-pyrrole nitrogens is 1. The molecule has 0 saturated carbocycles. The molecule has 0 aliphatic rings. The van der Waals surface area contributed by atoms with Gasteiger partial charge >= 0.3 is 6.18 Å². The van der Waals surface area contributed by atoms with Crippen molar-refractivity contribution in [2.45, 2.75) is 12.7 Å². The van der Waals surface area contributed by atoms with E-state index in [9.17, 15) is 17.6 Å². The molecule has 3 aromatic rings. The van der Waals surface area contributed by atoms with Crippen molar-refractivity contribution in [3.63, 3.8) is 0 Å². The van der Waals surface area contributed by atoms with Gasteiger partial charge in [-0.15, -0.1) is 0 Å². The number of halogens is 4. The Balaban J connectivity index is 1.69. The van der Waals surface area contributed by atoms with E-state index in [1.807, 2.05) is 0 Å². The number of aromatic nitrogens is 5. The lowest BCUT2D eigenvalue weighted by Crippen LogP contribution is -2.11. The van der Waals surface area contributed by atoms with E-state index in [1.54, 1.807) is 0 Å². The topological polar surface area (TPSA) is 79.4 Å². The molecule has 2 N–H and O–H groups in total. The minimum Gasteiger partial charge on any atom is -0.347 e. The van der Waals surface area contributed by atoms with Crippen molar-refractivity contribution in [2.75, 3.05) is 5.32 Å². The van der Waals surface area contributed by atoms with E-state index < -0.39 is 11.9 Å². The average Bonchev–Trinajstić information content (AvgIpc) is 3.02. The van der Waals surface area contributed by atoms with Crippen molar-refractivity contribution in [3.05, 3.63) is 53.9 Å². The van der Waals surface area contributed by atoms with Crippen LogP contribution in [0.15, 0.2) is 36.5 Å². The first-order chi connectivity index (χ1) is 11.4. The summed E-state index contributed by atoms with van der Waals surface area (Å²) in [6, 6.07) is 6.38. The van der Waals surface area contributed by atoms with Crippen LogP contribution in [-0.2, 0) is 12.7 Å². The van der Waals surface area contributed by atoms with Crippen LogP contribution in [0.1, 0.15) is 11.5 Å². The fourth-order valence-electron chi connectivity index (χ4n) is 1.87. The zero-order valence-electron chi connectivity index (χ0n) is 12.0. The van der Waals surface area contributed by atoms with Gasteiger partial charge in [0.25, 0.3) is 0 Å². The Morgan fingerprint density at radius 3 is 2.50 bits per heavy atom. The van der Waals surface area contributed by atoms with Gasteiger partial charge in [-0.25, -0.2) is 19.3 Å². The first-order valence-corrected chi connectivity index (χ1v) is 6.73. The second kappa shape index (κ2) is 6.22. The molecule has 2 heterocycles. The fraction of sp³-hybridized carbons (Fsp3) is 0.143. The minimum atomic E-state index is -4.54. The lowest BCUT2D eigenvalue weighted by Gasteiger charge is -2.07. The van der Waals surface area contributed by atoms with Gasteiger partial charge in [0.15, 0.2) is 5.82 Å². The van der Waals surface area contributed by atoms with Crippen LogP contribution < -0.4 is 5.32 Å². The maximum Gasteiger partial charge on any atom is 0.433 e. The highest BCUT2D eigenvalue weighted by atomic mass is 19.4. The summed E-state index contributed by atoms with van der Waals surface area (Å²) >= 11 is 0. The molecule has 0 bridgehead atoms. The Labute approximate surface area is 133 Å². The molecule has 3 rings (SSSR count). The van der Waals surface area contributed by atoms with E-state index >= 15 is 0 Å². The molecule has 6 nitrogen and oxygen atoms in total. The van der Waals surface area contributed by atoms with E-state index in [2.05, 4.69) is 30.5 Å². The van der Waals surface area contributed by atoms with Crippen molar-refractivity contribution >= 4 is 5.95 Å². The minimum absolute atomic E-state index is 0.0511. The van der Waals surface area contributed by atoms with Gasteiger partial charge in [-0.3, -0.25) is 5.10 Å². The van der Waals surface area contributed by atoms with Crippen LogP contribution in [-0.4, -0.2) is 25.1 Å². The lowest BCUT2D eigenvalue weighted by molar-refractivity contribution is -0.141. The Hall–Kier alpha value is -3.04. The maximum atomic E-state index is 12.9. The smallest absolute Gasteiger partial charge is 0.347 e. The van der Waals surface area contributed by atoms with Crippen molar-refractivity contribution in [3.8, 4) is 11.4 Å². The average molecular weight is 338 g/mol. The molecule has 0 fully saturated rings. The Kier molecular flexibility index (Phi) is 4.11. The first-order valence-electron chi connectivity index (χ1n) is 6.73. The molecule has 24 heavy (non-hydrogen) atoms. The van der Waals surface area contributed by atoms with Crippen LogP contribution in [0.3, 0.4) is 0 Å². The second-order valence-electron chi connectivity index (χ2n) is 4.73. The van der Waals surface area contributed by atoms with Crippen LogP contribution in [0.5, 0.6) is 0 Å². The summed E-state index contributed by atoms with van der Waals surface area (Å²) in [7, 11) is 0. The fourth-order valence-corrected chi connectivity index (χ4v) is 1.87. The number of nitrogens with one attached hydrogen (secondary N) is 2. The molecule has 0 amide bonds. The third-order valence-corrected chi connectivity index (χ3v) is 2.99. The van der Waals surface area contributed by atoms with E-state index in [1.165, 1.54) is 24.3 Å². The molecule has 2 aromatic heterocycles. The number of rotatable bonds is 4. The first kappa shape index (κ1) is 15.8. The third-order valence-electron chi connectivity index (χ3n) is 2.99. The molecule has 124 valence electrons. The second-order valence-corrected chi connectivity index (χ2v) is 4.73. The summed E-state index contributed by atoms with van der Waals surface area (Å²) in [5.74, 6) is 0.162. The molecule has 0 atom stereocenters. The number of benzene rings is 1. The Bertz CT molecular complexity index is 828. The van der Waals surface area contributed by atoms with E-state index in [0.717, 1.165) is 12.3 Å². The molecular weight excluding hydrogens is 328 g/mol. The van der Waals surface area contributed by atoms with Crippen molar-refractivity contribution in [1.82, 2.24) is 25.1 Å². The maximum absolute atomic E-state index is 12.9. The number of hydrogen-bond donors (Lipinski definition) is 2. The van der Waals surface area contributed by atoms with Gasteiger partial charge in [0.2, 0.25) is 5.95 Å². The van der Waals surface area contributed by atoms with Crippen LogP contribution in [0.2, 0.25) is 0 Å². The highest BCUT2D eigenvalue weighted by Crippen LogP contribution is 2.27. The molecule has 0 radical (unpaired) electrons. The molecule has 0 unspecified atom stereocenters. The van der Waals surface area contributed by atoms with Gasteiger partial charge in [-0.1, -0.05) is 0 Å². The summed E-state index contributed by atoms with van der Waals surface area (Å²) in [5, 5.41) is 9.24. The Morgan fingerprint density at radius 1 is 1.04 bits per heavy atom. The van der Waals surface area contributed by atoms with Crippen molar-refractivity contribution < 1.29 is 17.6 Å². The highest BCUT2D eigenvalue weighted by molar-refractivity contribution is 5.54. The molecule has 0 saturated heterocycles. The Morgan fingerprint density at radius 2 is 1.79 bits per heavy atom. The monoisotopic (exact) mass is 338 g/mol. The predicted molar refractivity (Wildman–Crippen MR) is 76.1 cm³/mol. The van der Waals surface area contributed by atoms with Gasteiger partial charge in [0, 0.05) is 11.8 Å². The number of nitrogens with zero attached hydrogens (tertiary/aromatic N) is 4. The van der Waals surface area contributed by atoms with E-state index in [4.69, 9.17) is 0 Å². The van der Waals surface area contributed by atoms with Gasteiger partial charge < -0.3 is 5.32 Å². The molecule has 1 aromatic carbocycles. The van der Waals surface area contributed by atoms with E-state index in [-0.39, 0.29) is 18.3 Å². The predicted octanol–water partition coefficient (Wildman–Crippen LogP) is 3.03. The summed E-state index contributed by atoms with van der Waals surface area (Å²) in [5.41, 5.74) is -0.432. The number of alkyl halides is 3. The largest absolute Gasteiger partial charge is 0.433 e. The molecule has 10 heteroatoms. The van der Waals surface area contributed by atoms with Crippen LogP contribution >= 0.6 is 0 Å². The zero-order valence-corrected chi connectivity index (χ0v) is 12.0. The number of hydrogen-bond acceptors (Lipinski definition) is 5. The standard InChI is InChI=1S/C14H10F4N6/c15-9-3-1-8(2-4-9)12-22-11(23-24-12)7-20-13-19-6-5-10(21-13)14(16,17)18/h1-6H,7H2,(H,19,20,21)(H,22,23,24). The van der Waals surface area contributed by atoms with Gasteiger partial charge in [-0.2, -0.15) is 18.3 Å². The summed E-state index contributed by atoms with van der Waals surface area (Å²) in [4.78, 5) is 11.3. The van der Waals surface area contributed by atoms with Gasteiger partial charge in [0.1, 0.15) is 17.3 Å².